The van der Waals surface area contributed by atoms with E-state index in [1.807, 2.05) is 0 Å². The first-order valence-corrected chi connectivity index (χ1v) is 6.94. The van der Waals surface area contributed by atoms with Gasteiger partial charge in [-0.2, -0.15) is 0 Å². The minimum Gasteiger partial charge on any atom is -0.496 e. The molecule has 0 amide bonds. The summed E-state index contributed by atoms with van der Waals surface area (Å²) in [6, 6.07) is 4.67. The molecule has 0 fully saturated rings. The Kier molecular flexibility index (Phi) is 6.32. The van der Waals surface area contributed by atoms with E-state index >= 15 is 0 Å². The number of aryl methyl sites for hydroxylation is 2. The quantitative estimate of drug-likeness (QED) is 0.819. The highest BCUT2D eigenvalue weighted by Gasteiger charge is 2.17. The van der Waals surface area contributed by atoms with Crippen LogP contribution in [0.1, 0.15) is 43.0 Å². The topological polar surface area (TPSA) is 30.5 Å². The smallest absolute Gasteiger partial charge is 0.122 e. The van der Waals surface area contributed by atoms with E-state index in [4.69, 9.17) is 9.47 Å². The molecule has 108 valence electrons. The Labute approximate surface area is 117 Å². The molecule has 0 heterocycles. The van der Waals surface area contributed by atoms with Crippen LogP contribution in [0.15, 0.2) is 12.1 Å². The number of methoxy groups -OCH3 is 2. The van der Waals surface area contributed by atoms with Crippen LogP contribution in [0.5, 0.6) is 5.75 Å². The molecule has 1 rings (SSSR count). The molecule has 1 N–H and O–H groups in total. The first kappa shape index (κ1) is 16.0. The van der Waals surface area contributed by atoms with Gasteiger partial charge in [-0.05, 0) is 56.5 Å². The zero-order chi connectivity index (χ0) is 14.4. The van der Waals surface area contributed by atoms with Gasteiger partial charge in [0.2, 0.25) is 0 Å². The average molecular weight is 265 g/mol. The maximum atomic E-state index is 5.40. The number of rotatable bonds is 7. The van der Waals surface area contributed by atoms with Crippen LogP contribution in [0.4, 0.5) is 0 Å². The third kappa shape index (κ3) is 4.22. The van der Waals surface area contributed by atoms with Gasteiger partial charge in [0.1, 0.15) is 5.75 Å². The summed E-state index contributed by atoms with van der Waals surface area (Å²) in [6.45, 7) is 9.42. The summed E-state index contributed by atoms with van der Waals surface area (Å²) in [6.07, 6.45) is 1.21. The molecule has 3 heteroatoms. The first-order valence-electron chi connectivity index (χ1n) is 6.94. The maximum absolute atomic E-state index is 5.40. The Morgan fingerprint density at radius 1 is 1.16 bits per heavy atom. The number of hydrogen-bond acceptors (Lipinski definition) is 3. The molecule has 19 heavy (non-hydrogen) atoms. The van der Waals surface area contributed by atoms with Crippen molar-refractivity contribution in [3.05, 3.63) is 28.8 Å². The lowest BCUT2D eigenvalue weighted by Crippen LogP contribution is -2.26. The number of benzene rings is 1. The molecular formula is C16H27NO2. The van der Waals surface area contributed by atoms with E-state index in [0.717, 1.165) is 18.7 Å². The molecular weight excluding hydrogens is 238 g/mol. The molecule has 0 aliphatic rings. The summed E-state index contributed by atoms with van der Waals surface area (Å²) in [7, 11) is 3.48. The maximum Gasteiger partial charge on any atom is 0.122 e. The Bertz CT molecular complexity index is 404. The monoisotopic (exact) mass is 265 g/mol. The second-order valence-corrected chi connectivity index (χ2v) is 5.07. The highest BCUT2D eigenvalue weighted by Crippen LogP contribution is 2.29. The largest absolute Gasteiger partial charge is 0.496 e. The normalized spacial score (nSPS) is 14.2. The van der Waals surface area contributed by atoms with E-state index in [2.05, 4.69) is 45.1 Å². The van der Waals surface area contributed by atoms with Crippen LogP contribution in [0.25, 0.3) is 0 Å². The van der Waals surface area contributed by atoms with E-state index in [1.165, 1.54) is 16.7 Å². The summed E-state index contributed by atoms with van der Waals surface area (Å²) in [5.74, 6) is 0.955. The number of hydrogen-bond donors (Lipinski definition) is 1. The SMILES string of the molecule is CCNC(CC(C)OC)c1cc(C)c(OC)cc1C. The van der Waals surface area contributed by atoms with Crippen LogP contribution in [-0.4, -0.2) is 26.9 Å². The third-order valence-electron chi connectivity index (χ3n) is 3.58. The van der Waals surface area contributed by atoms with Crippen molar-refractivity contribution in [2.45, 2.75) is 46.3 Å². The van der Waals surface area contributed by atoms with Crippen molar-refractivity contribution in [3.63, 3.8) is 0 Å². The predicted octanol–water partition coefficient (Wildman–Crippen LogP) is 3.39. The molecule has 2 atom stereocenters. The van der Waals surface area contributed by atoms with Gasteiger partial charge in [-0.3, -0.25) is 0 Å². The van der Waals surface area contributed by atoms with Gasteiger partial charge in [0, 0.05) is 13.2 Å². The molecule has 0 aromatic heterocycles. The molecule has 1 aromatic carbocycles. The molecule has 1 aromatic rings. The van der Waals surface area contributed by atoms with Gasteiger partial charge in [0.15, 0.2) is 0 Å². The van der Waals surface area contributed by atoms with Gasteiger partial charge in [0.25, 0.3) is 0 Å². The molecule has 0 bridgehead atoms. The fourth-order valence-corrected chi connectivity index (χ4v) is 2.40. The van der Waals surface area contributed by atoms with Crippen molar-refractivity contribution in [1.29, 1.82) is 0 Å². The van der Waals surface area contributed by atoms with Crippen molar-refractivity contribution in [1.82, 2.24) is 5.32 Å². The molecule has 0 radical (unpaired) electrons. The molecule has 0 spiro atoms. The van der Waals surface area contributed by atoms with Crippen molar-refractivity contribution in [2.24, 2.45) is 0 Å². The van der Waals surface area contributed by atoms with Crippen LogP contribution in [0, 0.1) is 13.8 Å². The summed E-state index contributed by atoms with van der Waals surface area (Å²) >= 11 is 0. The predicted molar refractivity (Wildman–Crippen MR) is 80.0 cm³/mol. The van der Waals surface area contributed by atoms with Gasteiger partial charge in [0.05, 0.1) is 13.2 Å². The summed E-state index contributed by atoms with van der Waals surface area (Å²) < 4.78 is 10.8. The molecule has 0 aliphatic carbocycles. The van der Waals surface area contributed by atoms with Crippen LogP contribution < -0.4 is 10.1 Å². The van der Waals surface area contributed by atoms with Gasteiger partial charge in [-0.25, -0.2) is 0 Å². The van der Waals surface area contributed by atoms with Crippen LogP contribution >= 0.6 is 0 Å². The second-order valence-electron chi connectivity index (χ2n) is 5.07. The molecule has 3 nitrogen and oxygen atoms in total. The van der Waals surface area contributed by atoms with Crippen molar-refractivity contribution < 1.29 is 9.47 Å². The molecule has 2 unspecified atom stereocenters. The van der Waals surface area contributed by atoms with E-state index in [9.17, 15) is 0 Å². The lowest BCUT2D eigenvalue weighted by Gasteiger charge is -2.24. The Morgan fingerprint density at radius 3 is 2.37 bits per heavy atom. The highest BCUT2D eigenvalue weighted by atomic mass is 16.5. The lowest BCUT2D eigenvalue weighted by atomic mass is 9.94. The Balaban J connectivity index is 3.04. The molecule has 0 saturated heterocycles. The average Bonchev–Trinajstić information content (AvgIpc) is 2.40. The van der Waals surface area contributed by atoms with Gasteiger partial charge in [-0.15, -0.1) is 0 Å². The zero-order valence-electron chi connectivity index (χ0n) is 13.0. The van der Waals surface area contributed by atoms with Gasteiger partial charge in [-0.1, -0.05) is 13.0 Å². The van der Waals surface area contributed by atoms with E-state index in [0.29, 0.717) is 6.04 Å². The van der Waals surface area contributed by atoms with Crippen LogP contribution in [0.3, 0.4) is 0 Å². The summed E-state index contributed by atoms with van der Waals surface area (Å²) in [5.41, 5.74) is 3.77. The Hall–Kier alpha value is -1.06. The van der Waals surface area contributed by atoms with Gasteiger partial charge < -0.3 is 14.8 Å². The van der Waals surface area contributed by atoms with E-state index in [1.54, 1.807) is 14.2 Å². The summed E-state index contributed by atoms with van der Waals surface area (Å²) in [5, 5.41) is 3.55. The van der Waals surface area contributed by atoms with E-state index in [-0.39, 0.29) is 6.10 Å². The zero-order valence-corrected chi connectivity index (χ0v) is 13.0. The van der Waals surface area contributed by atoms with Crippen molar-refractivity contribution in [3.8, 4) is 5.75 Å². The van der Waals surface area contributed by atoms with E-state index < -0.39 is 0 Å². The van der Waals surface area contributed by atoms with Crippen molar-refractivity contribution in [2.75, 3.05) is 20.8 Å². The second kappa shape index (κ2) is 7.51. The fourth-order valence-electron chi connectivity index (χ4n) is 2.40. The van der Waals surface area contributed by atoms with Crippen LogP contribution in [-0.2, 0) is 4.74 Å². The lowest BCUT2D eigenvalue weighted by molar-refractivity contribution is 0.100. The number of ether oxygens (including phenoxy) is 2. The molecule has 0 saturated carbocycles. The standard InChI is InChI=1S/C16H27NO2/c1-7-17-15(10-13(4)18-5)14-8-12(3)16(19-6)9-11(14)2/h8-9,13,15,17H,7,10H2,1-6H3. The van der Waals surface area contributed by atoms with Gasteiger partial charge >= 0.3 is 0 Å². The Morgan fingerprint density at radius 2 is 1.84 bits per heavy atom. The third-order valence-corrected chi connectivity index (χ3v) is 3.58. The minimum atomic E-state index is 0.242. The first-order chi connectivity index (χ1) is 9.03. The minimum absolute atomic E-state index is 0.242. The number of nitrogens with one attached hydrogen (secondary N) is 1. The van der Waals surface area contributed by atoms with Crippen LogP contribution in [0.2, 0.25) is 0 Å². The fraction of sp³-hybridized carbons (Fsp3) is 0.625. The highest BCUT2D eigenvalue weighted by molar-refractivity contribution is 5.42. The molecule has 0 aliphatic heterocycles. The van der Waals surface area contributed by atoms with Crippen molar-refractivity contribution >= 4 is 0 Å². The summed E-state index contributed by atoms with van der Waals surface area (Å²) in [4.78, 5) is 0.